The molecule has 6 nitrogen and oxygen atoms in total. The number of methoxy groups -OCH3 is 2. The Morgan fingerprint density at radius 1 is 1.03 bits per heavy atom. The van der Waals surface area contributed by atoms with E-state index < -0.39 is 0 Å². The number of ether oxygens (including phenoxy) is 3. The lowest BCUT2D eigenvalue weighted by Gasteiger charge is -2.27. The van der Waals surface area contributed by atoms with Gasteiger partial charge in [0.2, 0.25) is 11.8 Å². The predicted molar refractivity (Wildman–Crippen MR) is 121 cm³/mol. The molecule has 160 valence electrons. The topological polar surface area (TPSA) is 60.9 Å². The van der Waals surface area contributed by atoms with E-state index in [1.807, 2.05) is 66.4 Å². The summed E-state index contributed by atoms with van der Waals surface area (Å²) >= 11 is 1.58. The maximum absolute atomic E-state index is 12.7. The highest BCUT2D eigenvalue weighted by Gasteiger charge is 2.36. The van der Waals surface area contributed by atoms with Crippen LogP contribution < -0.4 is 14.2 Å². The van der Waals surface area contributed by atoms with Crippen LogP contribution >= 0.6 is 11.8 Å². The van der Waals surface area contributed by atoms with Gasteiger partial charge < -0.3 is 19.1 Å². The van der Waals surface area contributed by atoms with E-state index in [-0.39, 0.29) is 11.3 Å². The number of hydrogen-bond acceptors (Lipinski definition) is 6. The maximum Gasteiger partial charge on any atom is 0.234 e. The van der Waals surface area contributed by atoms with Gasteiger partial charge in [-0.1, -0.05) is 24.3 Å². The number of amides is 1. The molecular formula is C24H24N2O4S. The SMILES string of the molecule is COc1cccc(OC)c1C1SCC(=O)N1Cc1ccc(Oc2ncccc2C)cc1. The van der Waals surface area contributed by atoms with Gasteiger partial charge in [0.1, 0.15) is 22.6 Å². The van der Waals surface area contributed by atoms with Gasteiger partial charge in [-0.3, -0.25) is 4.79 Å². The number of hydrogen-bond donors (Lipinski definition) is 0. The first-order valence-electron chi connectivity index (χ1n) is 9.91. The number of aryl methyl sites for hydroxylation is 1. The zero-order valence-electron chi connectivity index (χ0n) is 17.7. The van der Waals surface area contributed by atoms with Gasteiger partial charge in [0.25, 0.3) is 0 Å². The number of carbonyl (C=O) groups is 1. The van der Waals surface area contributed by atoms with E-state index in [1.54, 1.807) is 32.2 Å². The molecule has 0 N–H and O–H groups in total. The Kier molecular flexibility index (Phi) is 6.32. The van der Waals surface area contributed by atoms with Crippen molar-refractivity contribution in [2.24, 2.45) is 0 Å². The molecule has 1 atom stereocenters. The lowest BCUT2D eigenvalue weighted by atomic mass is 10.1. The minimum atomic E-state index is -0.175. The highest BCUT2D eigenvalue weighted by Crippen LogP contribution is 2.47. The Labute approximate surface area is 186 Å². The molecule has 2 aromatic carbocycles. The third kappa shape index (κ3) is 4.46. The summed E-state index contributed by atoms with van der Waals surface area (Å²) in [6, 6.07) is 17.3. The molecule has 1 saturated heterocycles. The molecule has 1 fully saturated rings. The second-order valence-corrected chi connectivity index (χ2v) is 8.20. The second-order valence-electron chi connectivity index (χ2n) is 7.13. The van der Waals surface area contributed by atoms with Crippen LogP contribution in [-0.2, 0) is 11.3 Å². The molecule has 0 saturated carbocycles. The Morgan fingerprint density at radius 3 is 2.39 bits per heavy atom. The molecule has 2 heterocycles. The van der Waals surface area contributed by atoms with Crippen molar-refractivity contribution in [1.29, 1.82) is 0 Å². The summed E-state index contributed by atoms with van der Waals surface area (Å²) in [5.74, 6) is 3.23. The number of thioether (sulfide) groups is 1. The molecule has 7 heteroatoms. The second kappa shape index (κ2) is 9.31. The molecule has 1 aliphatic heterocycles. The Bertz CT molecular complexity index is 1050. The fraction of sp³-hybridized carbons (Fsp3) is 0.250. The highest BCUT2D eigenvalue weighted by atomic mass is 32.2. The first kappa shape index (κ1) is 21.1. The molecule has 4 rings (SSSR count). The third-order valence-corrected chi connectivity index (χ3v) is 6.35. The molecule has 1 aliphatic rings. The van der Waals surface area contributed by atoms with E-state index in [1.165, 1.54) is 0 Å². The molecule has 0 spiro atoms. The van der Waals surface area contributed by atoms with Crippen LogP contribution in [0.2, 0.25) is 0 Å². The molecule has 3 aromatic rings. The predicted octanol–water partition coefficient (Wildman–Crippen LogP) is 4.97. The molecule has 0 radical (unpaired) electrons. The molecule has 31 heavy (non-hydrogen) atoms. The van der Waals surface area contributed by atoms with Crippen molar-refractivity contribution in [1.82, 2.24) is 9.88 Å². The number of rotatable bonds is 7. The lowest BCUT2D eigenvalue weighted by Crippen LogP contribution is -2.28. The number of nitrogens with zero attached hydrogens (tertiary/aromatic N) is 2. The van der Waals surface area contributed by atoms with Crippen LogP contribution in [0.25, 0.3) is 0 Å². The minimum Gasteiger partial charge on any atom is -0.496 e. The molecule has 1 amide bonds. The van der Waals surface area contributed by atoms with Gasteiger partial charge in [0.15, 0.2) is 0 Å². The van der Waals surface area contributed by atoms with Crippen molar-refractivity contribution in [2.45, 2.75) is 18.8 Å². The van der Waals surface area contributed by atoms with Crippen LogP contribution in [0.3, 0.4) is 0 Å². The average molecular weight is 437 g/mol. The van der Waals surface area contributed by atoms with Crippen molar-refractivity contribution in [3.8, 4) is 23.1 Å². The standard InChI is InChI=1S/C24H24N2O4S/c1-16-6-5-13-25-23(16)30-18-11-9-17(10-12-18)14-26-21(27)15-31-24(26)22-19(28-2)7-4-8-20(22)29-3/h4-13,24H,14-15H2,1-3H3. The quantitative estimate of drug-likeness (QED) is 0.521. The smallest absolute Gasteiger partial charge is 0.234 e. The van der Waals surface area contributed by atoms with Gasteiger partial charge >= 0.3 is 0 Å². The summed E-state index contributed by atoms with van der Waals surface area (Å²) in [6.45, 7) is 2.44. The van der Waals surface area contributed by atoms with Crippen molar-refractivity contribution < 1.29 is 19.0 Å². The molecular weight excluding hydrogens is 412 g/mol. The van der Waals surface area contributed by atoms with Gasteiger partial charge in [-0.15, -0.1) is 11.8 Å². The van der Waals surface area contributed by atoms with Crippen molar-refractivity contribution in [3.63, 3.8) is 0 Å². The summed E-state index contributed by atoms with van der Waals surface area (Å²) in [5, 5.41) is -0.175. The van der Waals surface area contributed by atoms with E-state index in [9.17, 15) is 4.79 Å². The van der Waals surface area contributed by atoms with Gasteiger partial charge in [-0.25, -0.2) is 4.98 Å². The summed E-state index contributed by atoms with van der Waals surface area (Å²) in [5.41, 5.74) is 2.87. The summed E-state index contributed by atoms with van der Waals surface area (Å²) in [7, 11) is 3.26. The zero-order valence-corrected chi connectivity index (χ0v) is 18.5. The van der Waals surface area contributed by atoms with Crippen LogP contribution in [0.4, 0.5) is 0 Å². The molecule has 0 bridgehead atoms. The third-order valence-electron chi connectivity index (χ3n) is 5.13. The van der Waals surface area contributed by atoms with Crippen LogP contribution in [0.5, 0.6) is 23.1 Å². The fourth-order valence-electron chi connectivity index (χ4n) is 3.54. The van der Waals surface area contributed by atoms with Crippen LogP contribution in [0.15, 0.2) is 60.8 Å². The van der Waals surface area contributed by atoms with Gasteiger partial charge in [0.05, 0.1) is 25.5 Å². The molecule has 0 aliphatic carbocycles. The monoisotopic (exact) mass is 436 g/mol. The zero-order chi connectivity index (χ0) is 21.8. The first-order chi connectivity index (χ1) is 15.1. The maximum atomic E-state index is 12.7. The van der Waals surface area contributed by atoms with E-state index in [4.69, 9.17) is 14.2 Å². The molecule has 1 unspecified atom stereocenters. The van der Waals surface area contributed by atoms with E-state index in [2.05, 4.69) is 4.98 Å². The minimum absolute atomic E-state index is 0.0902. The van der Waals surface area contributed by atoms with Crippen LogP contribution in [0.1, 0.15) is 22.1 Å². The Morgan fingerprint density at radius 2 is 1.74 bits per heavy atom. The van der Waals surface area contributed by atoms with Crippen molar-refractivity contribution in [2.75, 3.05) is 20.0 Å². The van der Waals surface area contributed by atoms with E-state index in [0.29, 0.717) is 35.4 Å². The van der Waals surface area contributed by atoms with E-state index in [0.717, 1.165) is 16.7 Å². The summed E-state index contributed by atoms with van der Waals surface area (Å²) < 4.78 is 17.0. The van der Waals surface area contributed by atoms with Crippen LogP contribution in [-0.4, -0.2) is 35.8 Å². The highest BCUT2D eigenvalue weighted by molar-refractivity contribution is 8.00. The number of benzene rings is 2. The summed E-state index contributed by atoms with van der Waals surface area (Å²) in [6.07, 6.45) is 1.71. The van der Waals surface area contributed by atoms with Crippen molar-refractivity contribution >= 4 is 17.7 Å². The summed E-state index contributed by atoms with van der Waals surface area (Å²) in [4.78, 5) is 18.8. The van der Waals surface area contributed by atoms with Crippen LogP contribution in [0, 0.1) is 6.92 Å². The molecule has 1 aromatic heterocycles. The van der Waals surface area contributed by atoms with Gasteiger partial charge in [0, 0.05) is 18.3 Å². The Balaban J connectivity index is 1.54. The largest absolute Gasteiger partial charge is 0.496 e. The fourth-order valence-corrected chi connectivity index (χ4v) is 4.77. The number of aromatic nitrogens is 1. The van der Waals surface area contributed by atoms with E-state index >= 15 is 0 Å². The van der Waals surface area contributed by atoms with Gasteiger partial charge in [-0.05, 0) is 42.8 Å². The number of carbonyl (C=O) groups excluding carboxylic acids is 1. The van der Waals surface area contributed by atoms with Crippen molar-refractivity contribution in [3.05, 3.63) is 77.5 Å². The normalized spacial score (nSPS) is 15.8. The van der Waals surface area contributed by atoms with Gasteiger partial charge in [-0.2, -0.15) is 0 Å². The average Bonchev–Trinajstić information content (AvgIpc) is 3.15. The lowest BCUT2D eigenvalue weighted by molar-refractivity contribution is -0.128. The first-order valence-corrected chi connectivity index (χ1v) is 11.0. The number of pyridine rings is 1. The Hall–Kier alpha value is -3.19.